The van der Waals surface area contributed by atoms with E-state index in [0.717, 1.165) is 56.1 Å². The Balaban J connectivity index is 1.62. The summed E-state index contributed by atoms with van der Waals surface area (Å²) < 4.78 is 11.5. The molecule has 1 aromatic heterocycles. The van der Waals surface area contributed by atoms with E-state index in [1.165, 1.54) is 63.4 Å². The Hall–Kier alpha value is -1.87. The van der Waals surface area contributed by atoms with Crippen molar-refractivity contribution in [2.45, 2.75) is 90.9 Å². The first-order valence-corrected chi connectivity index (χ1v) is 12.6. The molecule has 0 unspecified atom stereocenters. The Kier molecular flexibility index (Phi) is 13.7. The van der Waals surface area contributed by atoms with Gasteiger partial charge in [0, 0.05) is 25.0 Å². The van der Waals surface area contributed by atoms with Gasteiger partial charge in [-0.15, -0.1) is 0 Å². The standard InChI is InChI=1S/C28H43NO2/c1-3-5-7-8-9-10-14-25-15-20-28(29-24-25)26-16-18-27(19-17-26)31-23-13-12-22-30-21-11-6-4-2/h15-20,24H,3-14,21-23H2,1-2H3. The summed E-state index contributed by atoms with van der Waals surface area (Å²) in [5.41, 5.74) is 3.51. The minimum absolute atomic E-state index is 0.739. The van der Waals surface area contributed by atoms with E-state index in [1.54, 1.807) is 0 Å². The highest BCUT2D eigenvalue weighted by Gasteiger charge is 2.02. The molecule has 0 aliphatic heterocycles. The Labute approximate surface area is 190 Å². The second-order valence-electron chi connectivity index (χ2n) is 8.47. The molecule has 0 bridgehead atoms. The van der Waals surface area contributed by atoms with Crippen LogP contribution >= 0.6 is 0 Å². The third kappa shape index (κ3) is 11.4. The maximum absolute atomic E-state index is 5.86. The summed E-state index contributed by atoms with van der Waals surface area (Å²) in [5.74, 6) is 0.923. The smallest absolute Gasteiger partial charge is 0.119 e. The van der Waals surface area contributed by atoms with Crippen molar-refractivity contribution in [3.05, 3.63) is 48.2 Å². The molecule has 31 heavy (non-hydrogen) atoms. The van der Waals surface area contributed by atoms with Crippen LogP contribution in [0.2, 0.25) is 0 Å². The predicted molar refractivity (Wildman–Crippen MR) is 132 cm³/mol. The summed E-state index contributed by atoms with van der Waals surface area (Å²) >= 11 is 0. The first-order valence-electron chi connectivity index (χ1n) is 12.6. The molecule has 1 aromatic carbocycles. The molecule has 0 N–H and O–H groups in total. The van der Waals surface area contributed by atoms with Crippen LogP contribution < -0.4 is 4.74 Å². The summed E-state index contributed by atoms with van der Waals surface area (Å²) in [5, 5.41) is 0. The van der Waals surface area contributed by atoms with Gasteiger partial charge in [0.25, 0.3) is 0 Å². The van der Waals surface area contributed by atoms with Crippen molar-refractivity contribution in [1.82, 2.24) is 4.98 Å². The van der Waals surface area contributed by atoms with Crippen molar-refractivity contribution in [3.8, 4) is 17.0 Å². The Bertz CT molecular complexity index is 666. The van der Waals surface area contributed by atoms with E-state index in [-0.39, 0.29) is 0 Å². The van der Waals surface area contributed by atoms with E-state index in [1.807, 2.05) is 18.3 Å². The maximum Gasteiger partial charge on any atom is 0.119 e. The van der Waals surface area contributed by atoms with Crippen LogP contribution in [0.4, 0.5) is 0 Å². The molecule has 3 heteroatoms. The van der Waals surface area contributed by atoms with Gasteiger partial charge in [-0.3, -0.25) is 4.98 Å². The van der Waals surface area contributed by atoms with Crippen LogP contribution in [0.1, 0.15) is 90.0 Å². The van der Waals surface area contributed by atoms with Gasteiger partial charge in [0.15, 0.2) is 0 Å². The molecule has 2 aromatic rings. The molecule has 0 amide bonds. The van der Waals surface area contributed by atoms with Gasteiger partial charge in [0.1, 0.15) is 5.75 Å². The van der Waals surface area contributed by atoms with Crippen LogP contribution in [-0.2, 0) is 11.2 Å². The maximum atomic E-state index is 5.86. The van der Waals surface area contributed by atoms with E-state index >= 15 is 0 Å². The molecule has 0 aliphatic carbocycles. The van der Waals surface area contributed by atoms with E-state index in [2.05, 4.69) is 43.1 Å². The van der Waals surface area contributed by atoms with Crippen molar-refractivity contribution < 1.29 is 9.47 Å². The number of nitrogens with zero attached hydrogens (tertiary/aromatic N) is 1. The highest BCUT2D eigenvalue weighted by Crippen LogP contribution is 2.21. The molecule has 0 saturated carbocycles. The largest absolute Gasteiger partial charge is 0.494 e. The van der Waals surface area contributed by atoms with Crippen LogP contribution in [0.25, 0.3) is 11.3 Å². The minimum Gasteiger partial charge on any atom is -0.494 e. The van der Waals surface area contributed by atoms with Crippen molar-refractivity contribution in [1.29, 1.82) is 0 Å². The summed E-state index contributed by atoms with van der Waals surface area (Å²) in [6, 6.07) is 12.7. The van der Waals surface area contributed by atoms with E-state index in [4.69, 9.17) is 9.47 Å². The number of rotatable bonds is 18. The zero-order valence-electron chi connectivity index (χ0n) is 19.9. The van der Waals surface area contributed by atoms with Crippen molar-refractivity contribution in [2.75, 3.05) is 19.8 Å². The molecule has 0 saturated heterocycles. The quantitative estimate of drug-likeness (QED) is 0.227. The van der Waals surface area contributed by atoms with Crippen LogP contribution in [0.15, 0.2) is 42.6 Å². The first-order chi connectivity index (χ1) is 15.3. The van der Waals surface area contributed by atoms with Gasteiger partial charge < -0.3 is 9.47 Å². The number of benzene rings is 1. The number of hydrogen-bond acceptors (Lipinski definition) is 3. The fourth-order valence-corrected chi connectivity index (χ4v) is 3.63. The summed E-state index contributed by atoms with van der Waals surface area (Å²) in [4.78, 5) is 4.67. The van der Waals surface area contributed by atoms with Gasteiger partial charge in [-0.05, 0) is 68.0 Å². The highest BCUT2D eigenvalue weighted by atomic mass is 16.5. The van der Waals surface area contributed by atoms with Gasteiger partial charge in [-0.25, -0.2) is 0 Å². The molecule has 0 atom stereocenters. The third-order valence-electron chi connectivity index (χ3n) is 5.64. The van der Waals surface area contributed by atoms with E-state index < -0.39 is 0 Å². The summed E-state index contributed by atoms with van der Waals surface area (Å²) in [6.07, 6.45) is 17.0. The lowest BCUT2D eigenvalue weighted by Gasteiger charge is -2.08. The second-order valence-corrected chi connectivity index (χ2v) is 8.47. The molecule has 172 valence electrons. The molecular weight excluding hydrogens is 382 g/mol. The highest BCUT2D eigenvalue weighted by molar-refractivity contribution is 5.60. The molecule has 1 heterocycles. The lowest BCUT2D eigenvalue weighted by molar-refractivity contribution is 0.123. The lowest BCUT2D eigenvalue weighted by Crippen LogP contribution is -2.01. The Morgan fingerprint density at radius 2 is 1.29 bits per heavy atom. The van der Waals surface area contributed by atoms with Crippen LogP contribution in [0.5, 0.6) is 5.75 Å². The average Bonchev–Trinajstić information content (AvgIpc) is 2.81. The number of aromatic nitrogens is 1. The fourth-order valence-electron chi connectivity index (χ4n) is 3.63. The molecule has 0 spiro atoms. The monoisotopic (exact) mass is 425 g/mol. The molecule has 0 radical (unpaired) electrons. The van der Waals surface area contributed by atoms with Gasteiger partial charge in [0.2, 0.25) is 0 Å². The zero-order chi connectivity index (χ0) is 22.0. The Morgan fingerprint density at radius 1 is 0.645 bits per heavy atom. The zero-order valence-corrected chi connectivity index (χ0v) is 19.9. The van der Waals surface area contributed by atoms with Crippen LogP contribution in [-0.4, -0.2) is 24.8 Å². The molecule has 3 nitrogen and oxygen atoms in total. The summed E-state index contributed by atoms with van der Waals surface area (Å²) in [6.45, 7) is 6.95. The molecule has 2 rings (SSSR count). The molecule has 0 aliphatic rings. The summed E-state index contributed by atoms with van der Waals surface area (Å²) in [7, 11) is 0. The van der Waals surface area contributed by atoms with Gasteiger partial charge in [-0.2, -0.15) is 0 Å². The lowest BCUT2D eigenvalue weighted by atomic mass is 10.1. The van der Waals surface area contributed by atoms with Crippen LogP contribution in [0.3, 0.4) is 0 Å². The number of hydrogen-bond donors (Lipinski definition) is 0. The minimum atomic E-state index is 0.739. The number of pyridine rings is 1. The first kappa shape index (κ1) is 25.4. The van der Waals surface area contributed by atoms with Crippen LogP contribution in [0, 0.1) is 0 Å². The SMILES string of the molecule is CCCCCCCCc1ccc(-c2ccc(OCCCCOCCCCC)cc2)nc1. The van der Waals surface area contributed by atoms with Gasteiger partial charge in [-0.1, -0.05) is 64.9 Å². The average molecular weight is 426 g/mol. The normalized spacial score (nSPS) is 11.0. The molecule has 0 fully saturated rings. The topological polar surface area (TPSA) is 31.4 Å². The van der Waals surface area contributed by atoms with E-state index in [9.17, 15) is 0 Å². The van der Waals surface area contributed by atoms with Crippen molar-refractivity contribution in [3.63, 3.8) is 0 Å². The second kappa shape index (κ2) is 16.8. The van der Waals surface area contributed by atoms with Crippen molar-refractivity contribution >= 4 is 0 Å². The number of aryl methyl sites for hydroxylation is 1. The Morgan fingerprint density at radius 3 is 2.00 bits per heavy atom. The number of unbranched alkanes of at least 4 members (excludes halogenated alkanes) is 8. The van der Waals surface area contributed by atoms with Crippen molar-refractivity contribution in [2.24, 2.45) is 0 Å². The number of ether oxygens (including phenoxy) is 2. The molecular formula is C28H43NO2. The predicted octanol–water partition coefficient (Wildman–Crippen LogP) is 8.02. The third-order valence-corrected chi connectivity index (χ3v) is 5.64. The van der Waals surface area contributed by atoms with E-state index in [0.29, 0.717) is 0 Å². The fraction of sp³-hybridized carbons (Fsp3) is 0.607. The van der Waals surface area contributed by atoms with Gasteiger partial charge >= 0.3 is 0 Å². The van der Waals surface area contributed by atoms with Gasteiger partial charge in [0.05, 0.1) is 12.3 Å².